The first-order valence-electron chi connectivity index (χ1n) is 7.55. The Morgan fingerprint density at radius 2 is 2.17 bits per heavy atom. The summed E-state index contributed by atoms with van der Waals surface area (Å²) in [5, 5.41) is 0.188. The third kappa shape index (κ3) is 6.04. The molecule has 0 bridgehead atoms. The van der Waals surface area contributed by atoms with E-state index in [1.165, 1.54) is 24.3 Å². The van der Waals surface area contributed by atoms with Crippen molar-refractivity contribution in [1.29, 1.82) is 0 Å². The van der Waals surface area contributed by atoms with Crippen LogP contribution >= 0.6 is 11.6 Å². The highest BCUT2D eigenvalue weighted by atomic mass is 35.5. The molecule has 0 radical (unpaired) electrons. The molecule has 0 spiro atoms. The molecule has 0 aromatic heterocycles. The first kappa shape index (κ1) is 18.0. The van der Waals surface area contributed by atoms with Gasteiger partial charge in [-0.3, -0.25) is 10.2 Å². The number of allylic oxidation sites excluding steroid dienone is 2. The minimum absolute atomic E-state index is 0.188. The van der Waals surface area contributed by atoms with Crippen molar-refractivity contribution in [2.75, 3.05) is 6.61 Å². The van der Waals surface area contributed by atoms with Gasteiger partial charge in [0.1, 0.15) is 5.82 Å². The van der Waals surface area contributed by atoms with Gasteiger partial charge < -0.3 is 4.74 Å². The van der Waals surface area contributed by atoms with Crippen molar-refractivity contribution in [1.82, 2.24) is 10.9 Å². The summed E-state index contributed by atoms with van der Waals surface area (Å²) < 4.78 is 18.0. The Morgan fingerprint density at radius 1 is 1.33 bits per heavy atom. The largest absolute Gasteiger partial charge is 0.448 e. The molecule has 1 aliphatic rings. The number of carbonyl (C=O) groups is 2. The van der Waals surface area contributed by atoms with Gasteiger partial charge in [0.25, 0.3) is 5.91 Å². The van der Waals surface area contributed by atoms with E-state index in [9.17, 15) is 14.0 Å². The van der Waals surface area contributed by atoms with Crippen molar-refractivity contribution >= 4 is 29.7 Å². The summed E-state index contributed by atoms with van der Waals surface area (Å²) in [6.45, 7) is 0.313. The molecule has 7 heteroatoms. The Morgan fingerprint density at radius 3 is 2.88 bits per heavy atom. The van der Waals surface area contributed by atoms with E-state index >= 15 is 0 Å². The summed E-state index contributed by atoms with van der Waals surface area (Å²) in [6.07, 6.45) is 8.91. The molecule has 1 atom stereocenters. The molecule has 5 nitrogen and oxygen atoms in total. The maximum absolute atomic E-state index is 12.9. The van der Waals surface area contributed by atoms with Crippen LogP contribution in [0.3, 0.4) is 0 Å². The smallest absolute Gasteiger partial charge is 0.426 e. The molecule has 0 saturated heterocycles. The molecule has 1 aromatic carbocycles. The van der Waals surface area contributed by atoms with Gasteiger partial charge in [0.2, 0.25) is 0 Å². The summed E-state index contributed by atoms with van der Waals surface area (Å²) >= 11 is 5.84. The molecule has 0 saturated carbocycles. The van der Waals surface area contributed by atoms with Crippen molar-refractivity contribution < 1.29 is 18.7 Å². The number of benzene rings is 1. The molecular weight excluding hydrogens is 335 g/mol. The summed E-state index contributed by atoms with van der Waals surface area (Å²) in [6, 6.07) is 3.83. The van der Waals surface area contributed by atoms with Crippen molar-refractivity contribution in [3.05, 3.63) is 52.8 Å². The van der Waals surface area contributed by atoms with Crippen molar-refractivity contribution in [2.45, 2.75) is 19.3 Å². The van der Waals surface area contributed by atoms with E-state index in [4.69, 9.17) is 16.3 Å². The number of nitrogens with one attached hydrogen (secondary N) is 2. The van der Waals surface area contributed by atoms with Crippen molar-refractivity contribution in [3.63, 3.8) is 0 Å². The molecule has 1 unspecified atom stereocenters. The van der Waals surface area contributed by atoms with E-state index < -0.39 is 17.8 Å². The highest BCUT2D eigenvalue weighted by Gasteiger charge is 2.12. The van der Waals surface area contributed by atoms with Gasteiger partial charge in [-0.2, -0.15) is 0 Å². The Bertz CT molecular complexity index is 661. The van der Waals surface area contributed by atoms with Gasteiger partial charge in [0.05, 0.1) is 11.6 Å². The molecule has 2 rings (SSSR count). The second-order valence-electron chi connectivity index (χ2n) is 5.36. The summed E-state index contributed by atoms with van der Waals surface area (Å²) in [5.41, 5.74) is 4.84. The van der Waals surface area contributed by atoms with Crippen LogP contribution in [0.1, 0.15) is 24.8 Å². The van der Waals surface area contributed by atoms with E-state index in [1.807, 2.05) is 0 Å². The Balaban J connectivity index is 1.71. The van der Waals surface area contributed by atoms with Gasteiger partial charge in [0.15, 0.2) is 0 Å². The lowest BCUT2D eigenvalue weighted by Crippen LogP contribution is -2.41. The van der Waals surface area contributed by atoms with Gasteiger partial charge in [-0.25, -0.2) is 14.6 Å². The van der Waals surface area contributed by atoms with Gasteiger partial charge in [-0.05, 0) is 49.0 Å². The van der Waals surface area contributed by atoms with Gasteiger partial charge in [-0.1, -0.05) is 29.8 Å². The lowest BCUT2D eigenvalue weighted by molar-refractivity contribution is -0.117. The number of carbonyl (C=O) groups excluding carboxylic acids is 2. The number of ether oxygens (including phenoxy) is 1. The molecule has 2 N–H and O–H groups in total. The SMILES string of the molecule is O=C(C=Cc1ccc(F)cc1Cl)NNC(=O)OCC1CC=CCC1. The van der Waals surface area contributed by atoms with E-state index in [0.29, 0.717) is 18.1 Å². The summed E-state index contributed by atoms with van der Waals surface area (Å²) in [7, 11) is 0. The predicted octanol–water partition coefficient (Wildman–Crippen LogP) is 3.61. The van der Waals surface area contributed by atoms with Crippen LogP contribution in [0, 0.1) is 11.7 Å². The Hall–Kier alpha value is -2.34. The molecule has 128 valence electrons. The zero-order chi connectivity index (χ0) is 17.4. The number of amides is 2. The number of hydrogen-bond acceptors (Lipinski definition) is 3. The fourth-order valence-electron chi connectivity index (χ4n) is 2.19. The fraction of sp³-hybridized carbons (Fsp3) is 0.294. The molecule has 1 aromatic rings. The quantitative estimate of drug-likeness (QED) is 0.494. The monoisotopic (exact) mass is 352 g/mol. The second-order valence-corrected chi connectivity index (χ2v) is 5.77. The number of hydrogen-bond donors (Lipinski definition) is 2. The van der Waals surface area contributed by atoms with Crippen LogP contribution < -0.4 is 10.9 Å². The lowest BCUT2D eigenvalue weighted by Gasteiger charge is -2.17. The number of hydrazine groups is 1. The summed E-state index contributed by atoms with van der Waals surface area (Å²) in [4.78, 5) is 23.1. The number of halogens is 2. The second kappa shape index (κ2) is 9.08. The van der Waals surface area contributed by atoms with Gasteiger partial charge in [-0.15, -0.1) is 0 Å². The third-order valence-electron chi connectivity index (χ3n) is 3.49. The molecule has 24 heavy (non-hydrogen) atoms. The van der Waals surface area contributed by atoms with Crippen LogP contribution in [0.5, 0.6) is 0 Å². The van der Waals surface area contributed by atoms with E-state index in [1.54, 1.807) is 0 Å². The van der Waals surface area contributed by atoms with Gasteiger partial charge >= 0.3 is 6.09 Å². The van der Waals surface area contributed by atoms with Gasteiger partial charge in [0, 0.05) is 6.08 Å². The lowest BCUT2D eigenvalue weighted by atomic mass is 9.95. The zero-order valence-corrected chi connectivity index (χ0v) is 13.7. The first-order valence-corrected chi connectivity index (χ1v) is 7.93. The van der Waals surface area contributed by atoms with Crippen LogP contribution in [0.25, 0.3) is 6.08 Å². The molecule has 1 aliphatic carbocycles. The Labute approximate surface area is 144 Å². The highest BCUT2D eigenvalue weighted by molar-refractivity contribution is 6.32. The predicted molar refractivity (Wildman–Crippen MR) is 89.6 cm³/mol. The molecular formula is C17H18ClFN2O3. The molecule has 0 aliphatic heterocycles. The molecule has 2 amide bonds. The van der Waals surface area contributed by atoms with E-state index in [0.717, 1.165) is 25.3 Å². The normalized spacial score (nSPS) is 16.8. The highest BCUT2D eigenvalue weighted by Crippen LogP contribution is 2.19. The topological polar surface area (TPSA) is 67.4 Å². The standard InChI is InChI=1S/C17H18ClFN2O3/c18-15-10-14(19)8-6-13(15)7-9-16(22)20-21-17(23)24-11-12-4-2-1-3-5-12/h1-2,6-10,12H,3-5,11H2,(H,20,22)(H,21,23). The fourth-order valence-corrected chi connectivity index (χ4v) is 2.42. The van der Waals surface area contributed by atoms with Crippen LogP contribution in [-0.4, -0.2) is 18.6 Å². The van der Waals surface area contributed by atoms with Crippen LogP contribution in [-0.2, 0) is 9.53 Å². The van der Waals surface area contributed by atoms with Crippen LogP contribution in [0.2, 0.25) is 5.02 Å². The molecule has 0 fully saturated rings. The van der Waals surface area contributed by atoms with Crippen molar-refractivity contribution in [2.24, 2.45) is 5.92 Å². The zero-order valence-electron chi connectivity index (χ0n) is 12.9. The minimum atomic E-state index is -0.717. The van der Waals surface area contributed by atoms with Crippen LogP contribution in [0.4, 0.5) is 9.18 Å². The first-order chi connectivity index (χ1) is 11.5. The van der Waals surface area contributed by atoms with Crippen molar-refractivity contribution in [3.8, 4) is 0 Å². The van der Waals surface area contributed by atoms with Crippen LogP contribution in [0.15, 0.2) is 36.4 Å². The maximum atomic E-state index is 12.9. The number of rotatable bonds is 4. The summed E-state index contributed by atoms with van der Waals surface area (Å²) in [5.74, 6) is -0.704. The average molecular weight is 353 g/mol. The average Bonchev–Trinajstić information content (AvgIpc) is 2.58. The minimum Gasteiger partial charge on any atom is -0.448 e. The third-order valence-corrected chi connectivity index (χ3v) is 3.82. The van der Waals surface area contributed by atoms with E-state index in [2.05, 4.69) is 23.0 Å². The van der Waals surface area contributed by atoms with E-state index in [-0.39, 0.29) is 5.02 Å². The maximum Gasteiger partial charge on any atom is 0.426 e. The molecule has 0 heterocycles. The Kier molecular flexibility index (Phi) is 6.81.